The van der Waals surface area contributed by atoms with E-state index in [-0.39, 0.29) is 23.6 Å². The third-order valence-corrected chi connectivity index (χ3v) is 6.77. The topological polar surface area (TPSA) is 68.3 Å². The lowest BCUT2D eigenvalue weighted by atomic mass is 9.97. The van der Waals surface area contributed by atoms with Gasteiger partial charge in [0.1, 0.15) is 12.1 Å². The summed E-state index contributed by atoms with van der Waals surface area (Å²) in [4.78, 5) is 22.8. The molecule has 0 unspecified atom stereocenters. The molecule has 0 bridgehead atoms. The van der Waals surface area contributed by atoms with E-state index in [0.29, 0.717) is 22.9 Å². The van der Waals surface area contributed by atoms with Crippen molar-refractivity contribution in [1.82, 2.24) is 19.7 Å². The Morgan fingerprint density at radius 2 is 1.86 bits per heavy atom. The Balaban J connectivity index is 1.50. The van der Waals surface area contributed by atoms with Crippen LogP contribution in [0.3, 0.4) is 0 Å². The molecule has 1 fully saturated rings. The predicted molar refractivity (Wildman–Crippen MR) is 130 cm³/mol. The van der Waals surface area contributed by atoms with Crippen molar-refractivity contribution >= 4 is 17.4 Å². The summed E-state index contributed by atoms with van der Waals surface area (Å²) in [6.45, 7) is 7.22. The summed E-state index contributed by atoms with van der Waals surface area (Å²) in [6.07, 6.45) is -1.09. The first kappa shape index (κ1) is 22.9. The summed E-state index contributed by atoms with van der Waals surface area (Å²) in [5.74, 6) is 0.577. The molecule has 1 amide bonds. The zero-order valence-corrected chi connectivity index (χ0v) is 19.6. The minimum Gasteiger partial charge on any atom is -0.317 e. The lowest BCUT2D eigenvalue weighted by Gasteiger charge is -2.19. The third-order valence-electron chi connectivity index (χ3n) is 6.77. The van der Waals surface area contributed by atoms with Gasteiger partial charge in [-0.05, 0) is 59.9 Å². The van der Waals surface area contributed by atoms with Gasteiger partial charge < -0.3 is 4.57 Å². The van der Waals surface area contributed by atoms with E-state index in [1.165, 1.54) is 17.0 Å². The molecule has 0 N–H and O–H groups in total. The largest absolute Gasteiger partial charge is 0.416 e. The van der Waals surface area contributed by atoms with E-state index in [2.05, 4.69) is 15.0 Å². The summed E-state index contributed by atoms with van der Waals surface area (Å²) in [5.41, 5.74) is 2.59. The highest BCUT2D eigenvalue weighted by Gasteiger charge is 2.40. The number of benzene rings is 2. The molecular weight excluding hydrogens is 481 g/mol. The van der Waals surface area contributed by atoms with Crippen molar-refractivity contribution < 1.29 is 18.0 Å². The number of alkyl halides is 3. The normalized spacial score (nSPS) is 15.1. The van der Waals surface area contributed by atoms with Crippen LogP contribution in [0, 0.1) is 6.57 Å². The zero-order chi connectivity index (χ0) is 25.9. The first-order valence-corrected chi connectivity index (χ1v) is 11.6. The van der Waals surface area contributed by atoms with Crippen molar-refractivity contribution in [3.8, 4) is 22.5 Å². The molecule has 1 aliphatic heterocycles. The number of aryl methyl sites for hydroxylation is 1. The number of halogens is 3. The van der Waals surface area contributed by atoms with Gasteiger partial charge in [0.2, 0.25) is 0 Å². The Kier molecular flexibility index (Phi) is 5.12. The summed E-state index contributed by atoms with van der Waals surface area (Å²) in [7, 11) is 1.80. The number of fused-ring (bicyclic) bond motifs is 1. The molecule has 0 atom stereocenters. The van der Waals surface area contributed by atoms with Gasteiger partial charge >= 0.3 is 6.18 Å². The fourth-order valence-corrected chi connectivity index (χ4v) is 4.77. The van der Waals surface area contributed by atoms with Crippen molar-refractivity contribution in [3.05, 3.63) is 88.7 Å². The second-order valence-electron chi connectivity index (χ2n) is 9.24. The molecule has 184 valence electrons. The van der Waals surface area contributed by atoms with Crippen molar-refractivity contribution in [2.45, 2.75) is 31.5 Å². The highest BCUT2D eigenvalue weighted by molar-refractivity contribution is 6.10. The quantitative estimate of drug-likeness (QED) is 0.315. The van der Waals surface area contributed by atoms with Gasteiger partial charge in [-0.25, -0.2) is 9.83 Å². The first-order valence-electron chi connectivity index (χ1n) is 11.6. The van der Waals surface area contributed by atoms with E-state index in [1.807, 2.05) is 12.1 Å². The average Bonchev–Trinajstić information content (AvgIpc) is 3.57. The Labute approximate surface area is 210 Å². The summed E-state index contributed by atoms with van der Waals surface area (Å²) < 4.78 is 42.7. The monoisotopic (exact) mass is 500 g/mol. The van der Waals surface area contributed by atoms with Gasteiger partial charge in [0, 0.05) is 29.8 Å². The molecule has 4 aromatic rings. The number of pyridine rings is 1. The maximum absolute atomic E-state index is 13.7. The Bertz CT molecular complexity index is 1610. The number of carbonyl (C=O) groups excluding carboxylic acids is 1. The predicted octanol–water partition coefficient (Wildman–Crippen LogP) is 6.15. The molecule has 3 heterocycles. The standard InChI is InChI=1S/C27H19F3N6O/c1-31-17-8-9-18(20(12-17)25-34-32-14-35(25)2)16-10-23(15-6-7-15)33-24(11-16)36-13-21-19(26(36)37)4-3-5-22(21)27(28,29)30/h3-5,8-12,14-15H,6-7,13H2,2H3. The molecule has 0 spiro atoms. The Morgan fingerprint density at radius 1 is 1.05 bits per heavy atom. The van der Waals surface area contributed by atoms with E-state index < -0.39 is 17.6 Å². The molecule has 0 saturated heterocycles. The van der Waals surface area contributed by atoms with Crippen LogP contribution in [-0.2, 0) is 19.8 Å². The molecule has 7 nitrogen and oxygen atoms in total. The number of anilines is 1. The Hall–Kier alpha value is -4.52. The van der Waals surface area contributed by atoms with Gasteiger partial charge in [0.05, 0.1) is 18.7 Å². The van der Waals surface area contributed by atoms with Gasteiger partial charge in [-0.3, -0.25) is 9.69 Å². The smallest absolute Gasteiger partial charge is 0.317 e. The van der Waals surface area contributed by atoms with Crippen LogP contribution in [0.15, 0.2) is 54.9 Å². The minimum absolute atomic E-state index is 0.0381. The average molecular weight is 500 g/mol. The van der Waals surface area contributed by atoms with Gasteiger partial charge in [-0.2, -0.15) is 13.2 Å². The van der Waals surface area contributed by atoms with Crippen LogP contribution in [0.25, 0.3) is 27.4 Å². The second-order valence-corrected chi connectivity index (χ2v) is 9.24. The minimum atomic E-state index is -4.56. The Morgan fingerprint density at radius 3 is 2.54 bits per heavy atom. The highest BCUT2D eigenvalue weighted by atomic mass is 19.4. The van der Waals surface area contributed by atoms with Crippen LogP contribution >= 0.6 is 0 Å². The van der Waals surface area contributed by atoms with Gasteiger partial charge in [0.25, 0.3) is 5.91 Å². The molecule has 2 aliphatic rings. The van der Waals surface area contributed by atoms with Crippen molar-refractivity contribution in [2.75, 3.05) is 4.90 Å². The summed E-state index contributed by atoms with van der Waals surface area (Å²) in [5, 5.41) is 8.18. The van der Waals surface area contributed by atoms with Gasteiger partial charge in [-0.15, -0.1) is 10.2 Å². The number of hydrogen-bond acceptors (Lipinski definition) is 4. The summed E-state index contributed by atoms with van der Waals surface area (Å²) >= 11 is 0. The molecule has 1 aliphatic carbocycles. The van der Waals surface area contributed by atoms with Crippen LogP contribution in [0.4, 0.5) is 24.7 Å². The van der Waals surface area contributed by atoms with Gasteiger partial charge in [-0.1, -0.05) is 18.2 Å². The molecule has 10 heteroatoms. The molecular formula is C27H19F3N6O. The fourth-order valence-electron chi connectivity index (χ4n) is 4.77. The van der Waals surface area contributed by atoms with Crippen LogP contribution in [0.1, 0.15) is 45.9 Å². The number of nitrogens with zero attached hydrogens (tertiary/aromatic N) is 6. The zero-order valence-electron chi connectivity index (χ0n) is 19.6. The van der Waals surface area contributed by atoms with E-state index in [4.69, 9.17) is 11.6 Å². The van der Waals surface area contributed by atoms with E-state index in [1.54, 1.807) is 36.1 Å². The first-order chi connectivity index (χ1) is 17.7. The number of rotatable bonds is 4. The van der Waals surface area contributed by atoms with Crippen molar-refractivity contribution in [1.29, 1.82) is 0 Å². The van der Waals surface area contributed by atoms with Crippen LogP contribution in [0.2, 0.25) is 0 Å². The lowest BCUT2D eigenvalue weighted by Crippen LogP contribution is -2.24. The van der Waals surface area contributed by atoms with E-state index >= 15 is 0 Å². The molecule has 2 aromatic heterocycles. The SMILES string of the molecule is [C-]#[N+]c1ccc(-c2cc(C3CC3)nc(N3Cc4c(cccc4C(F)(F)F)C3=O)c2)c(-c2nncn2C)c1. The van der Waals surface area contributed by atoms with Crippen molar-refractivity contribution in [3.63, 3.8) is 0 Å². The molecule has 2 aromatic carbocycles. The number of carbonyl (C=O) groups is 1. The number of hydrogen-bond donors (Lipinski definition) is 0. The number of amides is 1. The fraction of sp³-hybridized carbons (Fsp3) is 0.222. The molecule has 0 radical (unpaired) electrons. The molecule has 6 rings (SSSR count). The summed E-state index contributed by atoms with van der Waals surface area (Å²) in [6, 6.07) is 12.6. The van der Waals surface area contributed by atoms with E-state index in [9.17, 15) is 18.0 Å². The highest BCUT2D eigenvalue weighted by Crippen LogP contribution is 2.44. The second kappa shape index (κ2) is 8.27. The van der Waals surface area contributed by atoms with E-state index in [0.717, 1.165) is 35.7 Å². The molecule has 37 heavy (non-hydrogen) atoms. The van der Waals surface area contributed by atoms with Crippen LogP contribution < -0.4 is 4.90 Å². The van der Waals surface area contributed by atoms with Crippen molar-refractivity contribution in [2.24, 2.45) is 7.05 Å². The van der Waals surface area contributed by atoms with Crippen LogP contribution in [0.5, 0.6) is 0 Å². The maximum Gasteiger partial charge on any atom is 0.416 e. The van der Waals surface area contributed by atoms with Crippen LogP contribution in [-0.4, -0.2) is 25.7 Å². The maximum atomic E-state index is 13.7. The van der Waals surface area contributed by atoms with Gasteiger partial charge in [0.15, 0.2) is 11.5 Å². The molecule has 1 saturated carbocycles. The lowest BCUT2D eigenvalue weighted by molar-refractivity contribution is -0.138. The third kappa shape index (κ3) is 3.93. The number of aromatic nitrogens is 4.